The molecular weight excluding hydrogens is 436 g/mol. The summed E-state index contributed by atoms with van der Waals surface area (Å²) in [7, 11) is 0. The third-order valence-corrected chi connectivity index (χ3v) is 6.47. The Bertz CT molecular complexity index is 1420. The number of hydrogen-bond donors (Lipinski definition) is 1. The van der Waals surface area contributed by atoms with Gasteiger partial charge in [0.05, 0.1) is 17.0 Å². The van der Waals surface area contributed by atoms with Crippen molar-refractivity contribution >= 4 is 22.6 Å². The van der Waals surface area contributed by atoms with Crippen LogP contribution >= 0.6 is 0 Å². The summed E-state index contributed by atoms with van der Waals surface area (Å²) in [6, 6.07) is 21.0. The first-order valence-electron chi connectivity index (χ1n) is 12.1. The van der Waals surface area contributed by atoms with Crippen molar-refractivity contribution in [1.29, 1.82) is 0 Å². The molecule has 0 saturated heterocycles. The predicted molar refractivity (Wildman–Crippen MR) is 143 cm³/mol. The summed E-state index contributed by atoms with van der Waals surface area (Å²) in [5.74, 6) is 0.574. The third kappa shape index (κ3) is 4.72. The lowest BCUT2D eigenvalue weighted by Gasteiger charge is -2.23. The number of anilines is 1. The molecule has 1 amide bonds. The molecule has 0 unspecified atom stereocenters. The predicted octanol–water partition coefficient (Wildman–Crippen LogP) is 6.73. The van der Waals surface area contributed by atoms with E-state index in [4.69, 9.17) is 4.42 Å². The molecule has 1 N–H and O–H groups in total. The Morgan fingerprint density at radius 1 is 0.971 bits per heavy atom. The SMILES string of the molecule is CCN(CC)C(=O)c1ccccc1N[C@H](C)c1cc(C)cc2c(=O)c(C)c(-c3ccccc3)oc12. The Balaban J connectivity index is 1.82. The number of aryl methyl sites for hydroxylation is 1. The molecule has 5 heteroatoms. The minimum atomic E-state index is -0.211. The summed E-state index contributed by atoms with van der Waals surface area (Å²) >= 11 is 0. The Morgan fingerprint density at radius 3 is 2.31 bits per heavy atom. The number of rotatable bonds is 7. The monoisotopic (exact) mass is 468 g/mol. The molecule has 1 atom stereocenters. The first-order valence-corrected chi connectivity index (χ1v) is 12.1. The van der Waals surface area contributed by atoms with Crippen LogP contribution in [-0.4, -0.2) is 23.9 Å². The van der Waals surface area contributed by atoms with Gasteiger partial charge in [0.1, 0.15) is 11.3 Å². The quantitative estimate of drug-likeness (QED) is 0.327. The Kier molecular flexibility index (Phi) is 7.06. The first-order chi connectivity index (χ1) is 16.8. The highest BCUT2D eigenvalue weighted by atomic mass is 16.3. The van der Waals surface area contributed by atoms with Gasteiger partial charge in [0.2, 0.25) is 0 Å². The highest BCUT2D eigenvalue weighted by Crippen LogP contribution is 2.32. The molecule has 0 spiro atoms. The molecular formula is C30H32N2O3. The largest absolute Gasteiger partial charge is 0.455 e. The van der Waals surface area contributed by atoms with E-state index in [9.17, 15) is 9.59 Å². The molecule has 0 fully saturated rings. The molecule has 5 nitrogen and oxygen atoms in total. The van der Waals surface area contributed by atoms with E-state index in [1.54, 1.807) is 4.90 Å². The van der Waals surface area contributed by atoms with Crippen molar-refractivity contribution in [3.8, 4) is 11.3 Å². The van der Waals surface area contributed by atoms with Crippen molar-refractivity contribution in [2.75, 3.05) is 18.4 Å². The van der Waals surface area contributed by atoms with E-state index in [0.29, 0.717) is 40.9 Å². The van der Waals surface area contributed by atoms with Crippen molar-refractivity contribution in [3.63, 3.8) is 0 Å². The summed E-state index contributed by atoms with van der Waals surface area (Å²) < 4.78 is 6.44. The minimum absolute atomic E-state index is 0.00655. The van der Waals surface area contributed by atoms with Crippen LogP contribution in [0.25, 0.3) is 22.3 Å². The van der Waals surface area contributed by atoms with Crippen LogP contribution in [0.5, 0.6) is 0 Å². The van der Waals surface area contributed by atoms with E-state index in [0.717, 1.165) is 22.4 Å². The second-order valence-electron chi connectivity index (χ2n) is 8.87. The average Bonchev–Trinajstić information content (AvgIpc) is 2.87. The van der Waals surface area contributed by atoms with E-state index in [1.807, 2.05) is 101 Å². The van der Waals surface area contributed by atoms with Crippen LogP contribution in [0.15, 0.2) is 75.9 Å². The fraction of sp³-hybridized carbons (Fsp3) is 0.267. The standard InChI is InChI=1S/C30H32N2O3/c1-6-32(7-2)30(34)23-15-11-12-16-26(23)31-21(5)24-17-19(3)18-25-27(33)20(4)28(35-29(24)25)22-13-9-8-10-14-22/h8-18,21,31H,6-7H2,1-5H3/t21-/m1/s1. The van der Waals surface area contributed by atoms with Gasteiger partial charge >= 0.3 is 0 Å². The lowest BCUT2D eigenvalue weighted by Crippen LogP contribution is -2.31. The van der Waals surface area contributed by atoms with Gasteiger partial charge in [0.25, 0.3) is 5.91 Å². The maximum Gasteiger partial charge on any atom is 0.255 e. The molecule has 0 aliphatic heterocycles. The van der Waals surface area contributed by atoms with Gasteiger partial charge in [-0.25, -0.2) is 0 Å². The summed E-state index contributed by atoms with van der Waals surface area (Å²) in [6.07, 6.45) is 0. The molecule has 0 radical (unpaired) electrons. The Morgan fingerprint density at radius 2 is 1.63 bits per heavy atom. The zero-order valence-electron chi connectivity index (χ0n) is 21.0. The Labute approximate surface area is 206 Å². The fourth-order valence-corrected chi connectivity index (χ4v) is 4.54. The van der Waals surface area contributed by atoms with E-state index in [-0.39, 0.29) is 17.4 Å². The van der Waals surface area contributed by atoms with Gasteiger partial charge in [-0.1, -0.05) is 48.5 Å². The summed E-state index contributed by atoms with van der Waals surface area (Å²) in [5, 5.41) is 4.08. The molecule has 0 bridgehead atoms. The molecule has 0 saturated carbocycles. The van der Waals surface area contributed by atoms with Gasteiger partial charge in [-0.05, 0) is 58.4 Å². The van der Waals surface area contributed by atoms with Crippen LogP contribution in [0.1, 0.15) is 53.9 Å². The number of benzene rings is 3. The van der Waals surface area contributed by atoms with E-state index in [1.165, 1.54) is 0 Å². The second-order valence-corrected chi connectivity index (χ2v) is 8.87. The molecule has 1 aromatic heterocycles. The number of nitrogens with zero attached hydrogens (tertiary/aromatic N) is 1. The smallest absolute Gasteiger partial charge is 0.255 e. The van der Waals surface area contributed by atoms with Crippen molar-refractivity contribution in [2.45, 2.75) is 40.7 Å². The fourth-order valence-electron chi connectivity index (χ4n) is 4.54. The van der Waals surface area contributed by atoms with Crippen molar-refractivity contribution < 1.29 is 9.21 Å². The van der Waals surface area contributed by atoms with Gasteiger partial charge in [-0.15, -0.1) is 0 Å². The van der Waals surface area contributed by atoms with Gasteiger partial charge < -0.3 is 14.6 Å². The van der Waals surface area contributed by atoms with Gasteiger partial charge in [0.15, 0.2) is 5.43 Å². The zero-order valence-corrected chi connectivity index (χ0v) is 21.0. The average molecular weight is 469 g/mol. The van der Waals surface area contributed by atoms with Gasteiger partial charge in [-0.2, -0.15) is 0 Å². The molecule has 4 aromatic rings. The normalized spacial score (nSPS) is 11.9. The highest BCUT2D eigenvalue weighted by molar-refractivity contribution is 5.99. The Hall–Kier alpha value is -3.86. The number of nitrogens with one attached hydrogen (secondary N) is 1. The first kappa shape index (κ1) is 24.3. The summed E-state index contributed by atoms with van der Waals surface area (Å²) in [4.78, 5) is 28.3. The van der Waals surface area contributed by atoms with Crippen molar-refractivity contribution in [3.05, 3.63) is 99.2 Å². The number of carbonyl (C=O) groups is 1. The zero-order chi connectivity index (χ0) is 25.1. The molecule has 0 aliphatic rings. The topological polar surface area (TPSA) is 62.6 Å². The van der Waals surface area contributed by atoms with Crippen molar-refractivity contribution in [2.24, 2.45) is 0 Å². The van der Waals surface area contributed by atoms with E-state index in [2.05, 4.69) is 5.32 Å². The van der Waals surface area contributed by atoms with Gasteiger partial charge in [-0.3, -0.25) is 9.59 Å². The lowest BCUT2D eigenvalue weighted by atomic mass is 9.98. The van der Waals surface area contributed by atoms with Crippen LogP contribution in [0.2, 0.25) is 0 Å². The van der Waals surface area contributed by atoms with Crippen LogP contribution in [-0.2, 0) is 0 Å². The van der Waals surface area contributed by atoms with Gasteiger partial charge in [0, 0.05) is 35.5 Å². The maximum absolute atomic E-state index is 13.4. The van der Waals surface area contributed by atoms with Crippen LogP contribution in [0.4, 0.5) is 5.69 Å². The highest BCUT2D eigenvalue weighted by Gasteiger charge is 2.21. The number of amides is 1. The number of carbonyl (C=O) groups excluding carboxylic acids is 1. The molecule has 1 heterocycles. The van der Waals surface area contributed by atoms with Crippen LogP contribution in [0, 0.1) is 13.8 Å². The minimum Gasteiger partial charge on any atom is -0.455 e. The summed E-state index contributed by atoms with van der Waals surface area (Å²) in [6.45, 7) is 11.1. The molecule has 3 aromatic carbocycles. The molecule has 0 aliphatic carbocycles. The van der Waals surface area contributed by atoms with Crippen LogP contribution in [0.3, 0.4) is 0 Å². The van der Waals surface area contributed by atoms with E-state index < -0.39 is 0 Å². The second kappa shape index (κ2) is 10.2. The van der Waals surface area contributed by atoms with Crippen LogP contribution < -0.4 is 10.7 Å². The number of hydrogen-bond acceptors (Lipinski definition) is 4. The van der Waals surface area contributed by atoms with Crippen molar-refractivity contribution in [1.82, 2.24) is 4.90 Å². The maximum atomic E-state index is 13.4. The number of fused-ring (bicyclic) bond motifs is 1. The third-order valence-electron chi connectivity index (χ3n) is 6.47. The molecule has 35 heavy (non-hydrogen) atoms. The lowest BCUT2D eigenvalue weighted by molar-refractivity contribution is 0.0774. The summed E-state index contributed by atoms with van der Waals surface area (Å²) in [5.41, 5.74) is 5.23. The van der Waals surface area contributed by atoms with E-state index >= 15 is 0 Å². The number of para-hydroxylation sites is 1. The molecule has 180 valence electrons. The molecule has 4 rings (SSSR count).